The first kappa shape index (κ1) is 15.0. The maximum atomic E-state index is 12.4. The highest BCUT2D eigenvalue weighted by atomic mass is 79.9. The first-order valence-corrected chi connectivity index (χ1v) is 8.52. The second kappa shape index (κ2) is 6.90. The van der Waals surface area contributed by atoms with Gasteiger partial charge in [-0.1, -0.05) is 34.1 Å². The average Bonchev–Trinajstić information content (AvgIpc) is 2.50. The van der Waals surface area contributed by atoms with Gasteiger partial charge >= 0.3 is 0 Å². The second-order valence-electron chi connectivity index (χ2n) is 5.92. The lowest BCUT2D eigenvalue weighted by atomic mass is 9.96. The van der Waals surface area contributed by atoms with Crippen molar-refractivity contribution in [3.05, 3.63) is 34.3 Å². The van der Waals surface area contributed by atoms with Gasteiger partial charge in [-0.05, 0) is 43.5 Å². The molecule has 2 heterocycles. The monoisotopic (exact) mass is 351 g/mol. The minimum absolute atomic E-state index is 0.122. The van der Waals surface area contributed by atoms with Crippen LogP contribution in [0.25, 0.3) is 0 Å². The van der Waals surface area contributed by atoms with Crippen LogP contribution in [0.1, 0.15) is 24.4 Å². The molecule has 2 atom stereocenters. The molecule has 2 N–H and O–H groups in total. The number of hydrogen-bond donors (Lipinski definition) is 2. The molecule has 0 spiro atoms. The Labute approximate surface area is 134 Å². The molecule has 0 saturated carbocycles. The van der Waals surface area contributed by atoms with Crippen molar-refractivity contribution in [1.29, 1.82) is 0 Å². The first-order valence-electron chi connectivity index (χ1n) is 7.72. The van der Waals surface area contributed by atoms with E-state index in [2.05, 4.69) is 31.5 Å². The minimum atomic E-state index is -0.170. The van der Waals surface area contributed by atoms with E-state index in [4.69, 9.17) is 0 Å². The van der Waals surface area contributed by atoms with E-state index in [1.807, 2.05) is 24.3 Å². The number of benzene rings is 1. The number of halogens is 1. The Morgan fingerprint density at radius 1 is 1.29 bits per heavy atom. The Morgan fingerprint density at radius 3 is 2.90 bits per heavy atom. The molecule has 4 nitrogen and oxygen atoms in total. The van der Waals surface area contributed by atoms with Gasteiger partial charge in [0.05, 0.1) is 0 Å². The minimum Gasteiger partial charge on any atom is -0.353 e. The molecule has 2 unspecified atom stereocenters. The van der Waals surface area contributed by atoms with Gasteiger partial charge in [-0.25, -0.2) is 0 Å². The number of nitrogens with zero attached hydrogens (tertiary/aromatic N) is 1. The Bertz CT molecular complexity index is 502. The molecule has 1 aromatic rings. The zero-order chi connectivity index (χ0) is 14.7. The van der Waals surface area contributed by atoms with Crippen molar-refractivity contribution in [2.24, 2.45) is 5.92 Å². The van der Waals surface area contributed by atoms with Crippen LogP contribution in [-0.4, -0.2) is 43.5 Å². The average molecular weight is 352 g/mol. The van der Waals surface area contributed by atoms with Crippen LogP contribution >= 0.6 is 15.9 Å². The maximum Gasteiger partial charge on any atom is 0.242 e. The lowest BCUT2D eigenvalue weighted by Gasteiger charge is -2.38. The number of carbonyl (C=O) groups is 1. The van der Waals surface area contributed by atoms with E-state index in [1.54, 1.807) is 0 Å². The van der Waals surface area contributed by atoms with E-state index in [0.29, 0.717) is 5.92 Å². The number of piperidine rings is 1. The molecule has 2 aliphatic heterocycles. The van der Waals surface area contributed by atoms with Crippen molar-refractivity contribution >= 4 is 21.8 Å². The number of nitrogens with one attached hydrogen (secondary N) is 2. The van der Waals surface area contributed by atoms with Gasteiger partial charge in [-0.15, -0.1) is 0 Å². The fraction of sp³-hybridized carbons (Fsp3) is 0.562. The summed E-state index contributed by atoms with van der Waals surface area (Å²) in [7, 11) is 0. The molecular weight excluding hydrogens is 330 g/mol. The second-order valence-corrected chi connectivity index (χ2v) is 6.78. The molecule has 0 aromatic heterocycles. The summed E-state index contributed by atoms with van der Waals surface area (Å²) in [5.41, 5.74) is 1.07. The van der Waals surface area contributed by atoms with E-state index in [0.717, 1.165) is 42.8 Å². The zero-order valence-electron chi connectivity index (χ0n) is 12.1. The smallest absolute Gasteiger partial charge is 0.242 e. The maximum absolute atomic E-state index is 12.4. The van der Waals surface area contributed by atoms with Gasteiger partial charge < -0.3 is 10.6 Å². The summed E-state index contributed by atoms with van der Waals surface area (Å²) in [6, 6.07) is 7.88. The molecule has 3 rings (SSSR count). The van der Waals surface area contributed by atoms with E-state index >= 15 is 0 Å². The standard InChI is InChI=1S/C16H22BrN3O/c17-14-6-2-1-5-13(14)15-16(21)19-8-9-20(15)11-12-4-3-7-18-10-12/h1-2,5-6,12,15,18H,3-4,7-11H2,(H,19,21). The van der Waals surface area contributed by atoms with Crippen molar-refractivity contribution in [1.82, 2.24) is 15.5 Å². The van der Waals surface area contributed by atoms with E-state index in [9.17, 15) is 4.79 Å². The highest BCUT2D eigenvalue weighted by Gasteiger charge is 2.33. The van der Waals surface area contributed by atoms with Crippen LogP contribution in [0.5, 0.6) is 0 Å². The lowest BCUT2D eigenvalue weighted by Crippen LogP contribution is -2.52. The number of carbonyl (C=O) groups excluding carboxylic acids is 1. The number of piperazine rings is 1. The van der Waals surface area contributed by atoms with E-state index in [1.165, 1.54) is 12.8 Å². The van der Waals surface area contributed by atoms with Crippen LogP contribution in [0.4, 0.5) is 0 Å². The molecule has 114 valence electrons. The highest BCUT2D eigenvalue weighted by molar-refractivity contribution is 9.10. The lowest BCUT2D eigenvalue weighted by molar-refractivity contribution is -0.129. The Kier molecular flexibility index (Phi) is 4.93. The summed E-state index contributed by atoms with van der Waals surface area (Å²) in [5.74, 6) is 0.770. The quantitative estimate of drug-likeness (QED) is 0.874. The highest BCUT2D eigenvalue weighted by Crippen LogP contribution is 2.30. The third kappa shape index (κ3) is 3.47. The van der Waals surface area contributed by atoms with Gasteiger partial charge in [-0.2, -0.15) is 0 Å². The summed E-state index contributed by atoms with van der Waals surface area (Å²) in [4.78, 5) is 14.8. The van der Waals surface area contributed by atoms with Crippen LogP contribution in [0.2, 0.25) is 0 Å². The van der Waals surface area contributed by atoms with Gasteiger partial charge in [0.1, 0.15) is 6.04 Å². The normalized spacial score (nSPS) is 27.4. The van der Waals surface area contributed by atoms with Gasteiger partial charge in [-0.3, -0.25) is 9.69 Å². The van der Waals surface area contributed by atoms with Crippen LogP contribution in [0.15, 0.2) is 28.7 Å². The number of amides is 1. The van der Waals surface area contributed by atoms with E-state index < -0.39 is 0 Å². The third-order valence-corrected chi connectivity index (χ3v) is 5.13. The van der Waals surface area contributed by atoms with Crippen LogP contribution in [0, 0.1) is 5.92 Å². The molecule has 0 bridgehead atoms. The van der Waals surface area contributed by atoms with Gasteiger partial charge in [0, 0.05) is 24.1 Å². The fourth-order valence-electron chi connectivity index (χ4n) is 3.36. The van der Waals surface area contributed by atoms with Crippen LogP contribution in [0.3, 0.4) is 0 Å². The summed E-state index contributed by atoms with van der Waals surface area (Å²) in [6.07, 6.45) is 2.50. The van der Waals surface area contributed by atoms with Crippen molar-refractivity contribution in [2.45, 2.75) is 18.9 Å². The summed E-state index contributed by atoms with van der Waals surface area (Å²) in [6.45, 7) is 4.87. The SMILES string of the molecule is O=C1NCCN(CC2CCCNC2)C1c1ccccc1Br. The Morgan fingerprint density at radius 2 is 2.14 bits per heavy atom. The molecule has 2 saturated heterocycles. The van der Waals surface area contributed by atoms with Crippen molar-refractivity contribution in [2.75, 3.05) is 32.7 Å². The van der Waals surface area contributed by atoms with Crippen molar-refractivity contribution in [3.8, 4) is 0 Å². The Balaban J connectivity index is 1.79. The van der Waals surface area contributed by atoms with Crippen molar-refractivity contribution in [3.63, 3.8) is 0 Å². The predicted octanol–water partition coefficient (Wildman–Crippen LogP) is 1.92. The molecular formula is C16H22BrN3O. The first-order chi connectivity index (χ1) is 10.3. The molecule has 2 fully saturated rings. The molecule has 2 aliphatic rings. The molecule has 0 radical (unpaired) electrons. The number of rotatable bonds is 3. The largest absolute Gasteiger partial charge is 0.353 e. The molecule has 21 heavy (non-hydrogen) atoms. The van der Waals surface area contributed by atoms with Gasteiger partial charge in [0.2, 0.25) is 5.91 Å². The van der Waals surface area contributed by atoms with E-state index in [-0.39, 0.29) is 11.9 Å². The summed E-state index contributed by atoms with van der Waals surface area (Å²) in [5, 5.41) is 6.47. The van der Waals surface area contributed by atoms with Gasteiger partial charge in [0.25, 0.3) is 0 Å². The summed E-state index contributed by atoms with van der Waals surface area (Å²) < 4.78 is 1.01. The predicted molar refractivity (Wildman–Crippen MR) is 87.1 cm³/mol. The summed E-state index contributed by atoms with van der Waals surface area (Å²) >= 11 is 3.59. The van der Waals surface area contributed by atoms with Crippen LogP contribution < -0.4 is 10.6 Å². The Hall–Kier alpha value is -0.910. The van der Waals surface area contributed by atoms with Gasteiger partial charge in [0.15, 0.2) is 0 Å². The molecule has 5 heteroatoms. The molecule has 1 amide bonds. The fourth-order valence-corrected chi connectivity index (χ4v) is 3.86. The van der Waals surface area contributed by atoms with Crippen molar-refractivity contribution < 1.29 is 4.79 Å². The number of hydrogen-bond acceptors (Lipinski definition) is 3. The third-order valence-electron chi connectivity index (χ3n) is 4.40. The zero-order valence-corrected chi connectivity index (χ0v) is 13.7. The topological polar surface area (TPSA) is 44.4 Å². The molecule has 1 aromatic carbocycles. The van der Waals surface area contributed by atoms with Crippen LogP contribution in [-0.2, 0) is 4.79 Å². The molecule has 0 aliphatic carbocycles.